The molecular weight excluding hydrogens is 396 g/mol. The van der Waals surface area contributed by atoms with Crippen molar-refractivity contribution in [2.45, 2.75) is 26.4 Å². The fourth-order valence-corrected chi connectivity index (χ4v) is 2.30. The zero-order valence-electron chi connectivity index (χ0n) is 14.5. The minimum atomic E-state index is -1.15. The van der Waals surface area contributed by atoms with E-state index >= 15 is 0 Å². The highest BCUT2D eigenvalue weighted by Gasteiger charge is 2.22. The summed E-state index contributed by atoms with van der Waals surface area (Å²) in [7, 11) is 2.82. The van der Waals surface area contributed by atoms with E-state index in [-0.39, 0.29) is 5.56 Å². The number of imide groups is 1. The Morgan fingerprint density at radius 3 is 2.52 bits per heavy atom. The van der Waals surface area contributed by atoms with E-state index < -0.39 is 24.0 Å². The number of ether oxygens (including phenoxy) is 3. The van der Waals surface area contributed by atoms with Crippen LogP contribution in [0.1, 0.15) is 30.6 Å². The van der Waals surface area contributed by atoms with E-state index in [4.69, 9.17) is 14.2 Å². The first-order valence-electron chi connectivity index (χ1n) is 7.57. The molecule has 1 atom stereocenters. The predicted octanol–water partition coefficient (Wildman–Crippen LogP) is 2.25. The lowest BCUT2D eigenvalue weighted by Crippen LogP contribution is -2.43. The fraction of sp³-hybridized carbons (Fsp3) is 0.438. The van der Waals surface area contributed by atoms with Crippen LogP contribution in [-0.2, 0) is 9.53 Å². The third kappa shape index (κ3) is 5.93. The van der Waals surface area contributed by atoms with Gasteiger partial charge in [-0.3, -0.25) is 10.1 Å². The van der Waals surface area contributed by atoms with Gasteiger partial charge < -0.3 is 19.5 Å². The molecule has 0 unspecified atom stereocenters. The van der Waals surface area contributed by atoms with Gasteiger partial charge in [0.15, 0.2) is 17.6 Å². The van der Waals surface area contributed by atoms with E-state index in [1.54, 1.807) is 0 Å². The summed E-state index contributed by atoms with van der Waals surface area (Å²) in [5.74, 6) is -0.634. The quantitative estimate of drug-likeness (QED) is 0.660. The van der Waals surface area contributed by atoms with Gasteiger partial charge in [-0.05, 0) is 41.4 Å². The molecule has 9 heteroatoms. The number of methoxy groups -OCH3 is 1. The first-order chi connectivity index (χ1) is 11.8. The van der Waals surface area contributed by atoms with Gasteiger partial charge in [-0.1, -0.05) is 6.92 Å². The maximum Gasteiger partial charge on any atom is 0.339 e. The second kappa shape index (κ2) is 9.87. The van der Waals surface area contributed by atoms with Crippen molar-refractivity contribution in [2.75, 3.05) is 20.8 Å². The lowest BCUT2D eigenvalue weighted by molar-refractivity contribution is -0.127. The third-order valence-electron chi connectivity index (χ3n) is 3.03. The molecule has 0 bridgehead atoms. The molecule has 1 aromatic carbocycles. The zero-order chi connectivity index (χ0) is 19.0. The van der Waals surface area contributed by atoms with Gasteiger partial charge in [0.25, 0.3) is 5.91 Å². The molecule has 0 heterocycles. The Kier molecular flexibility index (Phi) is 8.20. The van der Waals surface area contributed by atoms with Gasteiger partial charge >= 0.3 is 12.0 Å². The van der Waals surface area contributed by atoms with Crippen LogP contribution < -0.4 is 20.1 Å². The third-order valence-corrected chi connectivity index (χ3v) is 3.62. The van der Waals surface area contributed by atoms with Crippen molar-refractivity contribution < 1.29 is 28.6 Å². The number of carbonyl (C=O) groups excluding carboxylic acids is 3. The molecule has 1 rings (SSSR count). The van der Waals surface area contributed by atoms with Crippen molar-refractivity contribution in [3.8, 4) is 11.5 Å². The molecule has 25 heavy (non-hydrogen) atoms. The first-order valence-corrected chi connectivity index (χ1v) is 8.37. The first kappa shape index (κ1) is 20.8. The van der Waals surface area contributed by atoms with Crippen molar-refractivity contribution in [3.05, 3.63) is 22.2 Å². The number of hydrogen-bond acceptors (Lipinski definition) is 6. The van der Waals surface area contributed by atoms with Gasteiger partial charge in [0.1, 0.15) is 0 Å². The van der Waals surface area contributed by atoms with Crippen LogP contribution in [0.4, 0.5) is 4.79 Å². The maximum absolute atomic E-state index is 12.2. The van der Waals surface area contributed by atoms with Crippen LogP contribution in [-0.4, -0.2) is 44.8 Å². The molecule has 0 fully saturated rings. The summed E-state index contributed by atoms with van der Waals surface area (Å²) in [5, 5.41) is 4.27. The van der Waals surface area contributed by atoms with Gasteiger partial charge in [0, 0.05) is 7.05 Å². The highest BCUT2D eigenvalue weighted by atomic mass is 79.9. The van der Waals surface area contributed by atoms with Crippen LogP contribution in [0.5, 0.6) is 11.5 Å². The molecule has 0 radical (unpaired) electrons. The van der Waals surface area contributed by atoms with Crippen molar-refractivity contribution in [3.63, 3.8) is 0 Å². The maximum atomic E-state index is 12.2. The molecule has 3 amide bonds. The van der Waals surface area contributed by atoms with Crippen LogP contribution in [0.3, 0.4) is 0 Å². The van der Waals surface area contributed by atoms with E-state index in [0.29, 0.717) is 22.6 Å². The van der Waals surface area contributed by atoms with E-state index in [9.17, 15) is 14.4 Å². The van der Waals surface area contributed by atoms with Crippen LogP contribution >= 0.6 is 15.9 Å². The molecular formula is C16H21BrN2O6. The summed E-state index contributed by atoms with van der Waals surface area (Å²) in [6.45, 7) is 3.83. The molecule has 1 aromatic rings. The molecule has 0 spiro atoms. The minimum Gasteiger partial charge on any atom is -0.493 e. The molecule has 138 valence electrons. The number of esters is 1. The van der Waals surface area contributed by atoms with Crippen molar-refractivity contribution in [1.29, 1.82) is 0 Å². The standard InChI is InChI=1S/C16H21BrN2O6/c1-5-6-24-13-11(17)7-10(8-12(13)23-4)15(21)25-9(2)14(20)19-16(22)18-3/h7-9H,5-6H2,1-4H3,(H2,18,19,20,22)/t9-/m0/s1. The Labute approximate surface area is 154 Å². The van der Waals surface area contributed by atoms with Crippen molar-refractivity contribution >= 4 is 33.8 Å². The number of urea groups is 1. The summed E-state index contributed by atoms with van der Waals surface area (Å²) in [6, 6.07) is 2.29. The molecule has 8 nitrogen and oxygen atoms in total. The summed E-state index contributed by atoms with van der Waals surface area (Å²) in [5.41, 5.74) is 0.173. The minimum absolute atomic E-state index is 0.173. The summed E-state index contributed by atoms with van der Waals surface area (Å²) in [6.07, 6.45) is -0.331. The molecule has 0 aliphatic carbocycles. The highest BCUT2D eigenvalue weighted by Crippen LogP contribution is 2.37. The van der Waals surface area contributed by atoms with Crippen LogP contribution in [0.15, 0.2) is 16.6 Å². The number of rotatable bonds is 7. The Morgan fingerprint density at radius 1 is 1.28 bits per heavy atom. The molecule has 0 aliphatic heterocycles. The lowest BCUT2D eigenvalue weighted by atomic mass is 10.2. The van der Waals surface area contributed by atoms with E-state index in [1.165, 1.54) is 33.2 Å². The van der Waals surface area contributed by atoms with Gasteiger partial charge in [0.2, 0.25) is 0 Å². The zero-order valence-corrected chi connectivity index (χ0v) is 16.1. The fourth-order valence-electron chi connectivity index (χ4n) is 1.74. The average Bonchev–Trinajstić information content (AvgIpc) is 2.59. The molecule has 0 aliphatic rings. The van der Waals surface area contributed by atoms with Crippen molar-refractivity contribution in [1.82, 2.24) is 10.6 Å². The van der Waals surface area contributed by atoms with Crippen LogP contribution in [0.2, 0.25) is 0 Å². The monoisotopic (exact) mass is 416 g/mol. The molecule has 2 N–H and O–H groups in total. The molecule has 0 saturated heterocycles. The Balaban J connectivity index is 2.89. The number of hydrogen-bond donors (Lipinski definition) is 2. The van der Waals surface area contributed by atoms with E-state index in [0.717, 1.165) is 6.42 Å². The van der Waals surface area contributed by atoms with Gasteiger partial charge in [-0.15, -0.1) is 0 Å². The van der Waals surface area contributed by atoms with Gasteiger partial charge in [-0.25, -0.2) is 9.59 Å². The number of amides is 3. The normalized spacial score (nSPS) is 11.2. The Morgan fingerprint density at radius 2 is 1.96 bits per heavy atom. The van der Waals surface area contributed by atoms with E-state index in [2.05, 4.69) is 21.2 Å². The SMILES string of the molecule is CCCOc1c(Br)cc(C(=O)O[C@@H](C)C(=O)NC(=O)NC)cc1OC. The van der Waals surface area contributed by atoms with Crippen LogP contribution in [0, 0.1) is 0 Å². The summed E-state index contributed by atoms with van der Waals surface area (Å²) in [4.78, 5) is 35.1. The van der Waals surface area contributed by atoms with Gasteiger partial charge in [0.05, 0.1) is 23.8 Å². The second-order valence-corrected chi connectivity index (χ2v) is 5.81. The molecule has 0 aromatic heterocycles. The predicted molar refractivity (Wildman–Crippen MR) is 94.0 cm³/mol. The number of halogens is 1. The Hall–Kier alpha value is -2.29. The topological polar surface area (TPSA) is 103 Å². The Bertz CT molecular complexity index is 650. The molecule has 0 saturated carbocycles. The average molecular weight is 417 g/mol. The summed E-state index contributed by atoms with van der Waals surface area (Å²) >= 11 is 3.33. The lowest BCUT2D eigenvalue weighted by Gasteiger charge is -2.15. The smallest absolute Gasteiger partial charge is 0.339 e. The highest BCUT2D eigenvalue weighted by molar-refractivity contribution is 9.10. The largest absolute Gasteiger partial charge is 0.493 e. The number of benzene rings is 1. The summed E-state index contributed by atoms with van der Waals surface area (Å²) < 4.78 is 16.4. The van der Waals surface area contributed by atoms with Crippen LogP contribution in [0.25, 0.3) is 0 Å². The van der Waals surface area contributed by atoms with Crippen molar-refractivity contribution in [2.24, 2.45) is 0 Å². The van der Waals surface area contributed by atoms with Gasteiger partial charge in [-0.2, -0.15) is 0 Å². The number of nitrogens with one attached hydrogen (secondary N) is 2. The number of carbonyl (C=O) groups is 3. The second-order valence-electron chi connectivity index (χ2n) is 4.95. The van der Waals surface area contributed by atoms with E-state index in [1.807, 2.05) is 12.2 Å².